The van der Waals surface area contributed by atoms with Crippen LogP contribution in [0.15, 0.2) is 35.4 Å². The van der Waals surface area contributed by atoms with Crippen LogP contribution in [0.1, 0.15) is 19.4 Å². The van der Waals surface area contributed by atoms with Gasteiger partial charge in [-0.1, -0.05) is 46.9 Å². The van der Waals surface area contributed by atoms with Crippen molar-refractivity contribution >= 4 is 52.5 Å². The third-order valence-electron chi connectivity index (χ3n) is 3.29. The highest BCUT2D eigenvalue weighted by Gasteiger charge is 2.06. The molecule has 0 atom stereocenters. The Morgan fingerprint density at radius 1 is 1.09 bits per heavy atom. The van der Waals surface area contributed by atoms with E-state index in [2.05, 4.69) is 46.4 Å². The van der Waals surface area contributed by atoms with Crippen LogP contribution >= 0.6 is 34.8 Å². The quantitative estimate of drug-likeness (QED) is 0.423. The van der Waals surface area contributed by atoms with Crippen molar-refractivity contribution in [3.63, 3.8) is 0 Å². The molecule has 4 nitrogen and oxygen atoms in total. The molecule has 2 rings (SSSR count). The number of hydrazone groups is 1. The summed E-state index contributed by atoms with van der Waals surface area (Å²) in [4.78, 5) is 6.31. The Kier molecular flexibility index (Phi) is 6.51. The highest BCUT2D eigenvalue weighted by Crippen LogP contribution is 2.28. The van der Waals surface area contributed by atoms with Crippen LogP contribution < -0.4 is 10.3 Å². The van der Waals surface area contributed by atoms with E-state index >= 15 is 0 Å². The molecule has 1 aromatic carbocycles. The predicted molar refractivity (Wildman–Crippen MR) is 100 cm³/mol. The third-order valence-corrected chi connectivity index (χ3v) is 4.25. The predicted octanol–water partition coefficient (Wildman–Crippen LogP) is 5.33. The summed E-state index contributed by atoms with van der Waals surface area (Å²) in [5, 5.41) is 4.96. The first-order valence-corrected chi connectivity index (χ1v) is 8.34. The van der Waals surface area contributed by atoms with Crippen LogP contribution in [0, 0.1) is 0 Å². The fourth-order valence-electron chi connectivity index (χ4n) is 2.05. The first kappa shape index (κ1) is 17.9. The highest BCUT2D eigenvalue weighted by molar-refractivity contribution is 6.42. The van der Waals surface area contributed by atoms with Crippen molar-refractivity contribution < 1.29 is 0 Å². The zero-order chi connectivity index (χ0) is 16.8. The van der Waals surface area contributed by atoms with Crippen molar-refractivity contribution in [2.75, 3.05) is 23.4 Å². The zero-order valence-corrected chi connectivity index (χ0v) is 15.1. The third kappa shape index (κ3) is 4.74. The number of hydrogen-bond donors (Lipinski definition) is 1. The largest absolute Gasteiger partial charge is 0.372 e. The average Bonchev–Trinajstić information content (AvgIpc) is 2.55. The van der Waals surface area contributed by atoms with E-state index in [1.54, 1.807) is 6.21 Å². The molecule has 0 amide bonds. The van der Waals surface area contributed by atoms with Gasteiger partial charge in [-0.05, 0) is 37.6 Å². The van der Waals surface area contributed by atoms with Crippen LogP contribution in [0.25, 0.3) is 0 Å². The van der Waals surface area contributed by atoms with Crippen LogP contribution in [0.3, 0.4) is 0 Å². The van der Waals surface area contributed by atoms with Gasteiger partial charge in [0.2, 0.25) is 0 Å². The van der Waals surface area contributed by atoms with E-state index in [0.717, 1.165) is 18.7 Å². The maximum Gasteiger partial charge on any atom is 0.166 e. The second kappa shape index (κ2) is 8.39. The monoisotopic (exact) mass is 370 g/mol. The summed E-state index contributed by atoms with van der Waals surface area (Å²) in [6.07, 6.45) is 1.69. The molecule has 0 saturated carbocycles. The number of nitrogens with zero attached hydrogens (tertiary/aromatic N) is 3. The second-order valence-corrected chi connectivity index (χ2v) is 5.90. The Hall–Kier alpha value is -1.49. The standard InChI is InChI=1S/C16H17Cl3N4/c1-3-23(4-2)12-7-5-11(6-8-12)10-20-22-16-14(18)9-13(17)15(19)21-16/h5-10H,3-4H2,1-2H3,(H,21,22). The normalized spacial score (nSPS) is 11.0. The number of rotatable bonds is 6. The zero-order valence-electron chi connectivity index (χ0n) is 12.9. The first-order valence-electron chi connectivity index (χ1n) is 7.20. The summed E-state index contributed by atoms with van der Waals surface area (Å²) in [6.45, 7) is 6.23. The molecule has 1 N–H and O–H groups in total. The molecule has 2 aromatic rings. The van der Waals surface area contributed by atoms with Gasteiger partial charge in [-0.2, -0.15) is 5.10 Å². The molecule has 23 heavy (non-hydrogen) atoms. The van der Waals surface area contributed by atoms with Crippen LogP contribution in [0.2, 0.25) is 15.2 Å². The second-order valence-electron chi connectivity index (χ2n) is 4.73. The Balaban J connectivity index is 2.05. The van der Waals surface area contributed by atoms with Crippen LogP contribution in [-0.2, 0) is 0 Å². The molecule has 1 heterocycles. The lowest BCUT2D eigenvalue weighted by Gasteiger charge is -2.20. The van der Waals surface area contributed by atoms with Gasteiger partial charge in [0.25, 0.3) is 0 Å². The molecule has 0 fully saturated rings. The lowest BCUT2D eigenvalue weighted by Crippen LogP contribution is -2.21. The first-order chi connectivity index (χ1) is 11.0. The number of halogens is 3. The van der Waals surface area contributed by atoms with E-state index in [0.29, 0.717) is 15.9 Å². The van der Waals surface area contributed by atoms with Gasteiger partial charge in [0.1, 0.15) is 5.15 Å². The molecule has 0 saturated heterocycles. The van der Waals surface area contributed by atoms with Crippen molar-refractivity contribution in [1.82, 2.24) is 4.98 Å². The van der Waals surface area contributed by atoms with E-state index in [1.165, 1.54) is 11.8 Å². The molecule has 0 aliphatic carbocycles. The Morgan fingerprint density at radius 2 is 1.74 bits per heavy atom. The minimum Gasteiger partial charge on any atom is -0.372 e. The van der Waals surface area contributed by atoms with Gasteiger partial charge in [0, 0.05) is 18.8 Å². The Bertz CT molecular complexity index is 682. The number of nitrogens with one attached hydrogen (secondary N) is 1. The molecule has 7 heteroatoms. The van der Waals surface area contributed by atoms with Gasteiger partial charge in [-0.15, -0.1) is 0 Å². The van der Waals surface area contributed by atoms with Gasteiger partial charge in [0.15, 0.2) is 5.82 Å². The van der Waals surface area contributed by atoms with Crippen molar-refractivity contribution in [3.05, 3.63) is 51.1 Å². The van der Waals surface area contributed by atoms with Crippen molar-refractivity contribution in [2.45, 2.75) is 13.8 Å². The van der Waals surface area contributed by atoms with Crippen LogP contribution in [-0.4, -0.2) is 24.3 Å². The summed E-state index contributed by atoms with van der Waals surface area (Å²) in [5.74, 6) is 0.358. The van der Waals surface area contributed by atoms with Gasteiger partial charge in [0.05, 0.1) is 16.3 Å². The summed E-state index contributed by atoms with van der Waals surface area (Å²) in [5.41, 5.74) is 4.91. The Morgan fingerprint density at radius 3 is 2.35 bits per heavy atom. The molecule has 122 valence electrons. The van der Waals surface area contributed by atoms with Crippen LogP contribution in [0.5, 0.6) is 0 Å². The summed E-state index contributed by atoms with van der Waals surface area (Å²) >= 11 is 17.7. The van der Waals surface area contributed by atoms with E-state index < -0.39 is 0 Å². The smallest absolute Gasteiger partial charge is 0.166 e. The van der Waals surface area contributed by atoms with E-state index in [1.807, 2.05) is 12.1 Å². The van der Waals surface area contributed by atoms with Gasteiger partial charge in [-0.25, -0.2) is 4.98 Å². The molecule has 0 radical (unpaired) electrons. The lowest BCUT2D eigenvalue weighted by molar-refractivity contribution is 0.866. The molecular weight excluding hydrogens is 355 g/mol. The van der Waals surface area contributed by atoms with E-state index in [4.69, 9.17) is 34.8 Å². The number of aromatic nitrogens is 1. The molecule has 0 spiro atoms. The topological polar surface area (TPSA) is 40.5 Å². The minimum atomic E-state index is 0.178. The van der Waals surface area contributed by atoms with Crippen molar-refractivity contribution in [2.24, 2.45) is 5.10 Å². The number of hydrogen-bond acceptors (Lipinski definition) is 4. The summed E-state index contributed by atoms with van der Waals surface area (Å²) in [7, 11) is 0. The molecule has 0 aliphatic heterocycles. The molecular formula is C16H17Cl3N4. The van der Waals surface area contributed by atoms with Gasteiger partial charge >= 0.3 is 0 Å². The van der Waals surface area contributed by atoms with Crippen LogP contribution in [0.4, 0.5) is 11.5 Å². The highest BCUT2D eigenvalue weighted by atomic mass is 35.5. The number of benzene rings is 1. The molecule has 0 unspecified atom stereocenters. The Labute approximate surface area is 151 Å². The average molecular weight is 372 g/mol. The summed E-state index contributed by atoms with van der Waals surface area (Å²) in [6, 6.07) is 9.66. The van der Waals surface area contributed by atoms with E-state index in [9.17, 15) is 0 Å². The minimum absolute atomic E-state index is 0.178. The fraction of sp³-hybridized carbons (Fsp3) is 0.250. The molecule has 0 bridgehead atoms. The lowest BCUT2D eigenvalue weighted by atomic mass is 10.2. The van der Waals surface area contributed by atoms with Gasteiger partial charge in [-0.3, -0.25) is 5.43 Å². The van der Waals surface area contributed by atoms with Crippen molar-refractivity contribution in [3.8, 4) is 0 Å². The number of pyridine rings is 1. The maximum absolute atomic E-state index is 6.02. The molecule has 0 aliphatic rings. The van der Waals surface area contributed by atoms with E-state index in [-0.39, 0.29) is 5.15 Å². The van der Waals surface area contributed by atoms with Crippen molar-refractivity contribution in [1.29, 1.82) is 0 Å². The molecule has 1 aromatic heterocycles. The van der Waals surface area contributed by atoms with Gasteiger partial charge < -0.3 is 4.90 Å². The fourth-order valence-corrected chi connectivity index (χ4v) is 2.59. The number of anilines is 2. The maximum atomic E-state index is 6.02. The summed E-state index contributed by atoms with van der Waals surface area (Å²) < 4.78 is 0. The SMILES string of the molecule is CCN(CC)c1ccc(C=NNc2nc(Cl)c(Cl)cc2Cl)cc1.